The molecule has 1 fully saturated rings. The van der Waals surface area contributed by atoms with Gasteiger partial charge in [-0.2, -0.15) is 0 Å². The molecule has 0 saturated carbocycles. The maximum atomic E-state index is 13.3. The van der Waals surface area contributed by atoms with Gasteiger partial charge in [0.1, 0.15) is 10.9 Å². The first-order chi connectivity index (χ1) is 22.1. The van der Waals surface area contributed by atoms with Crippen molar-refractivity contribution in [2.24, 2.45) is 16.5 Å². The van der Waals surface area contributed by atoms with Crippen LogP contribution in [0.4, 0.5) is 16.5 Å². The zero-order valence-electron chi connectivity index (χ0n) is 25.3. The van der Waals surface area contributed by atoms with Crippen LogP contribution in [0.5, 0.6) is 0 Å². The number of esters is 1. The number of aliphatic imine (C=N–C) groups is 1. The van der Waals surface area contributed by atoms with Crippen molar-refractivity contribution < 1.29 is 27.9 Å². The van der Waals surface area contributed by atoms with Crippen molar-refractivity contribution in [3.05, 3.63) is 51.7 Å². The number of piperazine rings is 1. The van der Waals surface area contributed by atoms with Crippen LogP contribution in [0.15, 0.2) is 51.0 Å². The van der Waals surface area contributed by atoms with Gasteiger partial charge in [0.25, 0.3) is 15.9 Å². The Kier molecular flexibility index (Phi) is 12.6. The molecule has 250 valence electrons. The summed E-state index contributed by atoms with van der Waals surface area (Å²) in [6, 6.07) is 6.86. The number of sulfonamides is 1. The van der Waals surface area contributed by atoms with Crippen molar-refractivity contribution in [1.82, 2.24) is 15.2 Å². The van der Waals surface area contributed by atoms with Gasteiger partial charge in [-0.05, 0) is 42.5 Å². The minimum atomic E-state index is -4.07. The second-order valence-electron chi connectivity index (χ2n) is 10.3. The molecule has 1 aliphatic heterocycles. The summed E-state index contributed by atoms with van der Waals surface area (Å²) in [7, 11) is -2.86. The van der Waals surface area contributed by atoms with Gasteiger partial charge in [-0.25, -0.2) is 18.2 Å². The molecule has 2 aromatic heterocycles. The topological polar surface area (TPSA) is 218 Å². The fourth-order valence-corrected chi connectivity index (χ4v) is 7.49. The van der Waals surface area contributed by atoms with Crippen molar-refractivity contribution in [3.63, 3.8) is 0 Å². The molecule has 1 aromatic carbocycles. The number of guanidine groups is 1. The van der Waals surface area contributed by atoms with E-state index < -0.39 is 27.9 Å². The number of carbonyl (C=O) groups excluding carboxylic acids is 2. The highest BCUT2D eigenvalue weighted by atomic mass is 32.2. The number of anilines is 3. The fourth-order valence-electron chi connectivity index (χ4n) is 4.68. The molecule has 1 amide bonds. The molecular formula is C28H39N9O6S3. The number of nitrogens with zero attached hydrogens (tertiary/aromatic N) is 4. The standard InChI is InChI=1S/C28H39N9O6S3/c1-43-26(40)23(6-3-8-31-27(29)30)34-25(39)24-22(7-15-44-24)35-46(41,42)21-5-2-4-19(16-21)32-17-20-18-45-28(33-20)37-11-9-36(10-12-37)13-14-38/h2,4-5,7,15-16,18,23,32,35,38H,3,6,8-14,17H2,1H3,(H,34,39)(H4,29,30,31)/t23-/m0/s1. The average Bonchev–Trinajstić information content (AvgIpc) is 3.71. The van der Waals surface area contributed by atoms with Gasteiger partial charge in [0.15, 0.2) is 11.1 Å². The van der Waals surface area contributed by atoms with Gasteiger partial charge < -0.3 is 36.8 Å². The van der Waals surface area contributed by atoms with Crippen LogP contribution in [0, 0.1) is 0 Å². The molecule has 3 aromatic rings. The number of rotatable bonds is 16. The maximum Gasteiger partial charge on any atom is 0.328 e. The number of hydrogen-bond acceptors (Lipinski definition) is 13. The molecule has 0 spiro atoms. The minimum Gasteiger partial charge on any atom is -0.467 e. The van der Waals surface area contributed by atoms with Gasteiger partial charge in [-0.1, -0.05) is 6.07 Å². The van der Waals surface area contributed by atoms with Crippen LogP contribution in [0.3, 0.4) is 0 Å². The molecule has 8 N–H and O–H groups in total. The summed E-state index contributed by atoms with van der Waals surface area (Å²) in [5, 5.41) is 19.5. The first-order valence-electron chi connectivity index (χ1n) is 14.5. The third-order valence-electron chi connectivity index (χ3n) is 7.07. The molecule has 1 aliphatic rings. The summed E-state index contributed by atoms with van der Waals surface area (Å²) in [5.41, 5.74) is 12.2. The number of benzene rings is 1. The number of hydrogen-bond donors (Lipinski definition) is 6. The van der Waals surface area contributed by atoms with Crippen molar-refractivity contribution in [2.45, 2.75) is 30.3 Å². The van der Waals surface area contributed by atoms with Gasteiger partial charge in [-0.3, -0.25) is 19.4 Å². The van der Waals surface area contributed by atoms with Crippen LogP contribution in [0.25, 0.3) is 0 Å². The number of methoxy groups -OCH3 is 1. The molecule has 0 aliphatic carbocycles. The Morgan fingerprint density at radius 2 is 1.96 bits per heavy atom. The molecule has 0 unspecified atom stereocenters. The van der Waals surface area contributed by atoms with Crippen LogP contribution < -0.4 is 31.7 Å². The molecular weight excluding hydrogens is 655 g/mol. The largest absolute Gasteiger partial charge is 0.467 e. The number of aromatic nitrogens is 1. The third-order valence-corrected chi connectivity index (χ3v) is 10.3. The van der Waals surface area contributed by atoms with Crippen LogP contribution >= 0.6 is 22.7 Å². The van der Waals surface area contributed by atoms with E-state index in [0.29, 0.717) is 25.2 Å². The predicted octanol–water partition coefficient (Wildman–Crippen LogP) is 1.06. The molecule has 15 nitrogen and oxygen atoms in total. The van der Waals surface area contributed by atoms with E-state index in [2.05, 4.69) is 30.1 Å². The van der Waals surface area contributed by atoms with Crippen molar-refractivity contribution >= 4 is 67.0 Å². The van der Waals surface area contributed by atoms with Gasteiger partial charge in [0.2, 0.25) is 0 Å². The summed E-state index contributed by atoms with van der Waals surface area (Å²) >= 11 is 2.59. The summed E-state index contributed by atoms with van der Waals surface area (Å²) in [4.78, 5) is 38.5. The normalized spacial score (nSPS) is 14.3. The number of amides is 1. The molecule has 0 radical (unpaired) electrons. The lowest BCUT2D eigenvalue weighted by atomic mass is 10.1. The number of carbonyl (C=O) groups is 2. The number of aliphatic hydroxyl groups is 1. The molecule has 4 rings (SSSR count). The fraction of sp³-hybridized carbons (Fsp3) is 0.429. The first-order valence-corrected chi connectivity index (χ1v) is 17.7. The van der Waals surface area contributed by atoms with E-state index in [1.807, 2.05) is 5.38 Å². The highest BCUT2D eigenvalue weighted by Gasteiger charge is 2.26. The molecule has 46 heavy (non-hydrogen) atoms. The van der Waals surface area contributed by atoms with Crippen LogP contribution in [-0.2, 0) is 26.1 Å². The summed E-state index contributed by atoms with van der Waals surface area (Å²) < 4.78 is 34.0. The summed E-state index contributed by atoms with van der Waals surface area (Å²) in [6.45, 7) is 4.92. The van der Waals surface area contributed by atoms with E-state index in [9.17, 15) is 18.0 Å². The molecule has 0 bridgehead atoms. The van der Waals surface area contributed by atoms with Crippen LogP contribution in [0.2, 0.25) is 0 Å². The average molecular weight is 694 g/mol. The van der Waals surface area contributed by atoms with E-state index in [1.165, 1.54) is 25.3 Å². The number of aliphatic hydroxyl groups excluding tert-OH is 1. The van der Waals surface area contributed by atoms with Crippen LogP contribution in [-0.4, -0.2) is 100 Å². The minimum absolute atomic E-state index is 0.00180. The van der Waals surface area contributed by atoms with Crippen molar-refractivity contribution in [3.8, 4) is 0 Å². The number of nitrogens with two attached hydrogens (primary N) is 2. The molecule has 3 heterocycles. The second kappa shape index (κ2) is 16.5. The van der Waals surface area contributed by atoms with E-state index in [-0.39, 0.29) is 41.0 Å². The lowest BCUT2D eigenvalue weighted by Crippen LogP contribution is -2.47. The summed E-state index contributed by atoms with van der Waals surface area (Å²) in [6.07, 6.45) is 0.616. The Hall–Kier alpha value is -3.97. The zero-order valence-corrected chi connectivity index (χ0v) is 27.8. The Balaban J connectivity index is 1.36. The quantitative estimate of drug-likeness (QED) is 0.0537. The lowest BCUT2D eigenvalue weighted by molar-refractivity contribution is -0.143. The number of thiazole rings is 1. The van der Waals surface area contributed by atoms with Crippen molar-refractivity contribution in [1.29, 1.82) is 0 Å². The summed E-state index contributed by atoms with van der Waals surface area (Å²) in [5.74, 6) is -1.35. The monoisotopic (exact) mass is 693 g/mol. The van der Waals surface area contributed by atoms with Gasteiger partial charge in [0, 0.05) is 50.3 Å². The Bertz CT molecular complexity index is 1600. The molecule has 1 saturated heterocycles. The SMILES string of the molecule is COC(=O)[C@H](CCCN=C(N)N)NC(=O)c1sccc1NS(=O)(=O)c1cccc(NCc2csc(N3CCN(CCO)CC3)n2)c1. The highest BCUT2D eigenvalue weighted by molar-refractivity contribution is 7.92. The zero-order chi connectivity index (χ0) is 33.1. The van der Waals surface area contributed by atoms with Gasteiger partial charge in [-0.15, -0.1) is 22.7 Å². The maximum absolute atomic E-state index is 13.3. The molecule has 18 heteroatoms. The first kappa shape index (κ1) is 34.9. The highest BCUT2D eigenvalue weighted by Crippen LogP contribution is 2.27. The lowest BCUT2D eigenvalue weighted by Gasteiger charge is -2.34. The molecule has 1 atom stereocenters. The number of ether oxygens (including phenoxy) is 1. The van der Waals surface area contributed by atoms with E-state index in [0.717, 1.165) is 48.3 Å². The number of nitrogens with one attached hydrogen (secondary N) is 3. The van der Waals surface area contributed by atoms with E-state index in [1.54, 1.807) is 28.8 Å². The van der Waals surface area contributed by atoms with E-state index >= 15 is 0 Å². The van der Waals surface area contributed by atoms with Crippen LogP contribution in [0.1, 0.15) is 28.2 Å². The Morgan fingerprint density at radius 3 is 2.67 bits per heavy atom. The van der Waals surface area contributed by atoms with Gasteiger partial charge >= 0.3 is 5.97 Å². The number of β-amino-alcohol motifs (C(OH)–C–C–N with tert-alkyl or cyclic N) is 1. The van der Waals surface area contributed by atoms with Crippen molar-refractivity contribution in [2.75, 3.05) is 67.9 Å². The predicted molar refractivity (Wildman–Crippen MR) is 180 cm³/mol. The van der Waals surface area contributed by atoms with Gasteiger partial charge in [0.05, 0.1) is 36.5 Å². The second-order valence-corrected chi connectivity index (χ2v) is 13.8. The Morgan fingerprint density at radius 1 is 1.17 bits per heavy atom. The smallest absolute Gasteiger partial charge is 0.328 e. The Labute approximate surface area is 275 Å². The number of thiophene rings is 1. The third kappa shape index (κ3) is 9.76. The van der Waals surface area contributed by atoms with E-state index in [4.69, 9.17) is 26.3 Å².